The van der Waals surface area contributed by atoms with Crippen LogP contribution in [0.15, 0.2) is 24.3 Å². The topological polar surface area (TPSA) is 38.3 Å². The van der Waals surface area contributed by atoms with Gasteiger partial charge in [-0.05, 0) is 43.5 Å². The van der Waals surface area contributed by atoms with E-state index in [1.54, 1.807) is 24.3 Å². The first kappa shape index (κ1) is 12.4. The number of ether oxygens (including phenoxy) is 1. The molecule has 1 heterocycles. The van der Waals surface area contributed by atoms with Crippen molar-refractivity contribution in [1.82, 2.24) is 0 Å². The fraction of sp³-hybridized carbons (Fsp3) is 0.462. The van der Waals surface area contributed by atoms with E-state index in [2.05, 4.69) is 5.32 Å². The summed E-state index contributed by atoms with van der Waals surface area (Å²) in [6, 6.07) is 7.12. The van der Waals surface area contributed by atoms with E-state index in [1.807, 2.05) is 0 Å². The van der Waals surface area contributed by atoms with Crippen LogP contribution in [0.4, 0.5) is 5.69 Å². The fourth-order valence-electron chi connectivity index (χ4n) is 1.92. The minimum Gasteiger partial charge on any atom is -0.378 e. The molecule has 1 fully saturated rings. The average molecular weight is 254 g/mol. The second-order valence-electron chi connectivity index (χ2n) is 4.23. The predicted molar refractivity (Wildman–Crippen MR) is 68.3 cm³/mol. The van der Waals surface area contributed by atoms with E-state index >= 15 is 0 Å². The van der Waals surface area contributed by atoms with Crippen LogP contribution in [0, 0.1) is 0 Å². The van der Waals surface area contributed by atoms with E-state index in [1.165, 1.54) is 0 Å². The lowest BCUT2D eigenvalue weighted by atomic mass is 10.1. The number of anilines is 1. The molecule has 0 radical (unpaired) electrons. The Labute approximate surface area is 106 Å². The van der Waals surface area contributed by atoms with Crippen molar-refractivity contribution in [3.8, 4) is 0 Å². The highest BCUT2D eigenvalue weighted by Crippen LogP contribution is 2.18. The predicted octanol–water partition coefficient (Wildman–Crippen LogP) is 3.24. The van der Waals surface area contributed by atoms with E-state index in [0.29, 0.717) is 11.4 Å². The summed E-state index contributed by atoms with van der Waals surface area (Å²) in [6.07, 6.45) is 3.77. The van der Waals surface area contributed by atoms with Crippen LogP contribution < -0.4 is 5.32 Å². The Hall–Kier alpha value is -1.06. The van der Waals surface area contributed by atoms with Crippen LogP contribution in [0.3, 0.4) is 0 Å². The zero-order chi connectivity index (χ0) is 12.1. The number of hydrogen-bond donors (Lipinski definition) is 1. The molecule has 2 rings (SSSR count). The lowest BCUT2D eigenvalue weighted by Gasteiger charge is -2.09. The quantitative estimate of drug-likeness (QED) is 0.895. The van der Waals surface area contributed by atoms with Gasteiger partial charge in [0.2, 0.25) is 5.91 Å². The monoisotopic (exact) mass is 253 g/mol. The second kappa shape index (κ2) is 6.03. The highest BCUT2D eigenvalue weighted by molar-refractivity contribution is 6.30. The Kier molecular flexibility index (Phi) is 4.40. The summed E-state index contributed by atoms with van der Waals surface area (Å²) in [4.78, 5) is 11.7. The van der Waals surface area contributed by atoms with Gasteiger partial charge in [0, 0.05) is 23.7 Å². The molecule has 1 aliphatic heterocycles. The third-order valence-electron chi connectivity index (χ3n) is 2.85. The molecule has 0 saturated carbocycles. The van der Waals surface area contributed by atoms with Crippen LogP contribution in [-0.4, -0.2) is 18.6 Å². The summed E-state index contributed by atoms with van der Waals surface area (Å²) >= 11 is 5.77. The third kappa shape index (κ3) is 4.02. The zero-order valence-electron chi connectivity index (χ0n) is 9.62. The maximum Gasteiger partial charge on any atom is 0.224 e. The van der Waals surface area contributed by atoms with Gasteiger partial charge in [0.05, 0.1) is 6.10 Å². The normalized spacial score (nSPS) is 19.2. The summed E-state index contributed by atoms with van der Waals surface area (Å²) in [5.41, 5.74) is 0.784. The van der Waals surface area contributed by atoms with Gasteiger partial charge in [-0.1, -0.05) is 11.6 Å². The van der Waals surface area contributed by atoms with Crippen molar-refractivity contribution < 1.29 is 9.53 Å². The van der Waals surface area contributed by atoms with Gasteiger partial charge in [-0.3, -0.25) is 4.79 Å². The minimum absolute atomic E-state index is 0.0304. The van der Waals surface area contributed by atoms with Gasteiger partial charge in [0.25, 0.3) is 0 Å². The number of carbonyl (C=O) groups excluding carboxylic acids is 1. The Bertz CT molecular complexity index is 372. The number of rotatable bonds is 4. The van der Waals surface area contributed by atoms with Crippen molar-refractivity contribution in [2.75, 3.05) is 11.9 Å². The molecule has 3 nitrogen and oxygen atoms in total. The van der Waals surface area contributed by atoms with Crippen LogP contribution in [-0.2, 0) is 9.53 Å². The first-order valence-corrected chi connectivity index (χ1v) is 6.29. The first-order chi connectivity index (χ1) is 8.24. The van der Waals surface area contributed by atoms with Crippen molar-refractivity contribution in [1.29, 1.82) is 0 Å². The van der Waals surface area contributed by atoms with Gasteiger partial charge in [0.1, 0.15) is 0 Å². The summed E-state index contributed by atoms with van der Waals surface area (Å²) in [6.45, 7) is 0.837. The molecule has 0 bridgehead atoms. The first-order valence-electron chi connectivity index (χ1n) is 5.91. The highest BCUT2D eigenvalue weighted by atomic mass is 35.5. The Morgan fingerprint density at radius 1 is 1.41 bits per heavy atom. The number of benzene rings is 1. The number of nitrogens with one attached hydrogen (secondary N) is 1. The van der Waals surface area contributed by atoms with E-state index < -0.39 is 0 Å². The molecule has 1 aliphatic rings. The molecule has 0 aliphatic carbocycles. The van der Waals surface area contributed by atoms with Gasteiger partial charge in [0.15, 0.2) is 0 Å². The van der Waals surface area contributed by atoms with Gasteiger partial charge < -0.3 is 10.1 Å². The van der Waals surface area contributed by atoms with E-state index in [4.69, 9.17) is 16.3 Å². The fourth-order valence-corrected chi connectivity index (χ4v) is 2.05. The van der Waals surface area contributed by atoms with E-state index in [9.17, 15) is 4.79 Å². The largest absolute Gasteiger partial charge is 0.378 e. The van der Waals surface area contributed by atoms with Gasteiger partial charge in [-0.15, -0.1) is 0 Å². The summed E-state index contributed by atoms with van der Waals surface area (Å²) in [5.74, 6) is 0.0304. The third-order valence-corrected chi connectivity index (χ3v) is 3.10. The molecular weight excluding hydrogens is 238 g/mol. The second-order valence-corrected chi connectivity index (χ2v) is 4.67. The SMILES string of the molecule is O=C(CC[C@H]1CCCO1)Nc1ccc(Cl)cc1. The molecule has 0 spiro atoms. The van der Waals surface area contributed by atoms with Crippen molar-refractivity contribution in [3.05, 3.63) is 29.3 Å². The molecule has 0 unspecified atom stereocenters. The maximum atomic E-state index is 11.7. The number of amides is 1. The van der Waals surface area contributed by atoms with E-state index in [0.717, 1.165) is 31.6 Å². The number of carbonyl (C=O) groups is 1. The summed E-state index contributed by atoms with van der Waals surface area (Å²) in [7, 11) is 0. The molecule has 17 heavy (non-hydrogen) atoms. The minimum atomic E-state index is 0.0304. The maximum absolute atomic E-state index is 11.7. The molecule has 92 valence electrons. The Balaban J connectivity index is 1.74. The molecular formula is C13H16ClNO2. The van der Waals surface area contributed by atoms with Gasteiger partial charge in [-0.25, -0.2) is 0 Å². The molecule has 1 aromatic rings. The zero-order valence-corrected chi connectivity index (χ0v) is 10.4. The van der Waals surface area contributed by atoms with Crippen molar-refractivity contribution in [2.24, 2.45) is 0 Å². The van der Waals surface area contributed by atoms with Gasteiger partial charge >= 0.3 is 0 Å². The number of halogens is 1. The standard InChI is InChI=1S/C13H16ClNO2/c14-10-3-5-11(6-4-10)15-13(16)8-7-12-2-1-9-17-12/h3-6,12H,1-2,7-9H2,(H,15,16)/t12-/m1/s1. The van der Waals surface area contributed by atoms with Crippen molar-refractivity contribution in [2.45, 2.75) is 31.8 Å². The van der Waals surface area contributed by atoms with Crippen molar-refractivity contribution in [3.63, 3.8) is 0 Å². The molecule has 0 aromatic heterocycles. The van der Waals surface area contributed by atoms with Crippen LogP contribution in [0.2, 0.25) is 5.02 Å². The van der Waals surface area contributed by atoms with Crippen LogP contribution in [0.1, 0.15) is 25.7 Å². The van der Waals surface area contributed by atoms with Crippen molar-refractivity contribution >= 4 is 23.2 Å². The lowest BCUT2D eigenvalue weighted by Crippen LogP contribution is -2.15. The summed E-state index contributed by atoms with van der Waals surface area (Å²) in [5, 5.41) is 3.51. The highest BCUT2D eigenvalue weighted by Gasteiger charge is 2.16. The lowest BCUT2D eigenvalue weighted by molar-refractivity contribution is -0.116. The van der Waals surface area contributed by atoms with Crippen LogP contribution >= 0.6 is 11.6 Å². The van der Waals surface area contributed by atoms with Crippen LogP contribution in [0.5, 0.6) is 0 Å². The Morgan fingerprint density at radius 2 is 2.18 bits per heavy atom. The molecule has 1 aromatic carbocycles. The smallest absolute Gasteiger partial charge is 0.224 e. The molecule has 1 saturated heterocycles. The Morgan fingerprint density at radius 3 is 2.82 bits per heavy atom. The van der Waals surface area contributed by atoms with E-state index in [-0.39, 0.29) is 12.0 Å². The van der Waals surface area contributed by atoms with Gasteiger partial charge in [-0.2, -0.15) is 0 Å². The molecule has 1 atom stereocenters. The number of hydrogen-bond acceptors (Lipinski definition) is 2. The summed E-state index contributed by atoms with van der Waals surface area (Å²) < 4.78 is 5.47. The molecule has 4 heteroatoms. The molecule has 1 amide bonds. The average Bonchev–Trinajstić information content (AvgIpc) is 2.83. The van der Waals surface area contributed by atoms with Crippen LogP contribution in [0.25, 0.3) is 0 Å². The molecule has 1 N–H and O–H groups in total.